The number of imidazole rings is 1. The lowest BCUT2D eigenvalue weighted by Gasteiger charge is -2.34. The molecular weight excluding hydrogens is 404 g/mol. The van der Waals surface area contributed by atoms with E-state index in [0.717, 1.165) is 73.1 Å². The van der Waals surface area contributed by atoms with Crippen molar-refractivity contribution < 1.29 is 9.53 Å². The zero-order valence-corrected chi connectivity index (χ0v) is 18.1. The molecule has 164 valence electrons. The molecule has 0 saturated carbocycles. The smallest absolute Gasteiger partial charge is 0.219 e. The standard InChI is InChI=1S/C24H26N6O2/c1-18(31)29-13-10-28(11-14-29)12-15-30-17-25-23-16-21(6-7-24(23)30)32-20-4-2-19(3-5-20)22-8-9-26-27-22/h2-9,16-17H,10-15H2,1H3,(H,26,27). The van der Waals surface area contributed by atoms with Gasteiger partial charge >= 0.3 is 0 Å². The molecule has 1 amide bonds. The van der Waals surface area contributed by atoms with E-state index in [9.17, 15) is 4.79 Å². The number of hydrogen-bond donors (Lipinski definition) is 1. The maximum Gasteiger partial charge on any atom is 0.219 e. The third kappa shape index (κ3) is 4.36. The molecule has 0 atom stereocenters. The van der Waals surface area contributed by atoms with Crippen LogP contribution < -0.4 is 4.74 Å². The number of carbonyl (C=O) groups excluding carboxylic acids is 1. The van der Waals surface area contributed by atoms with E-state index in [-0.39, 0.29) is 5.91 Å². The second-order valence-corrected chi connectivity index (χ2v) is 8.03. The minimum Gasteiger partial charge on any atom is -0.457 e. The Morgan fingerprint density at radius 2 is 1.78 bits per heavy atom. The number of H-pyrrole nitrogens is 1. The lowest BCUT2D eigenvalue weighted by atomic mass is 10.1. The Balaban J connectivity index is 1.21. The van der Waals surface area contributed by atoms with Crippen LogP contribution in [0.15, 0.2) is 61.1 Å². The largest absolute Gasteiger partial charge is 0.457 e. The van der Waals surface area contributed by atoms with Crippen LogP contribution in [-0.2, 0) is 11.3 Å². The second kappa shape index (κ2) is 8.84. The summed E-state index contributed by atoms with van der Waals surface area (Å²) >= 11 is 0. The van der Waals surface area contributed by atoms with E-state index in [2.05, 4.69) is 30.7 Å². The van der Waals surface area contributed by atoms with Gasteiger partial charge in [0.25, 0.3) is 0 Å². The van der Waals surface area contributed by atoms with Crippen molar-refractivity contribution in [3.05, 3.63) is 61.1 Å². The van der Waals surface area contributed by atoms with Gasteiger partial charge in [-0.3, -0.25) is 14.8 Å². The number of ether oxygens (including phenoxy) is 1. The molecule has 0 bridgehead atoms. The van der Waals surface area contributed by atoms with Crippen molar-refractivity contribution in [3.63, 3.8) is 0 Å². The molecule has 0 aliphatic carbocycles. The van der Waals surface area contributed by atoms with Crippen LogP contribution in [0.3, 0.4) is 0 Å². The minimum atomic E-state index is 0.164. The highest BCUT2D eigenvalue weighted by Crippen LogP contribution is 2.27. The van der Waals surface area contributed by atoms with Crippen LogP contribution in [0.4, 0.5) is 0 Å². The van der Waals surface area contributed by atoms with Gasteiger partial charge in [-0.05, 0) is 48.0 Å². The van der Waals surface area contributed by atoms with Crippen molar-refractivity contribution in [1.82, 2.24) is 29.5 Å². The number of carbonyl (C=O) groups is 1. The van der Waals surface area contributed by atoms with E-state index in [1.807, 2.05) is 53.7 Å². The highest BCUT2D eigenvalue weighted by molar-refractivity contribution is 5.77. The summed E-state index contributed by atoms with van der Waals surface area (Å²) in [6.07, 6.45) is 3.63. The Morgan fingerprint density at radius 3 is 2.50 bits per heavy atom. The molecule has 1 N–H and O–H groups in total. The molecule has 1 aliphatic heterocycles. The van der Waals surface area contributed by atoms with E-state index in [4.69, 9.17) is 4.74 Å². The monoisotopic (exact) mass is 430 g/mol. The first-order valence-electron chi connectivity index (χ1n) is 10.9. The van der Waals surface area contributed by atoms with Crippen LogP contribution in [0.1, 0.15) is 6.92 Å². The van der Waals surface area contributed by atoms with Crippen molar-refractivity contribution in [1.29, 1.82) is 0 Å². The Bertz CT molecular complexity index is 1190. The number of hydrogen-bond acceptors (Lipinski definition) is 5. The molecule has 8 heteroatoms. The van der Waals surface area contributed by atoms with Gasteiger partial charge in [0.1, 0.15) is 11.5 Å². The third-order valence-corrected chi connectivity index (χ3v) is 5.97. The van der Waals surface area contributed by atoms with Crippen LogP contribution in [0.2, 0.25) is 0 Å². The predicted octanol–water partition coefficient (Wildman–Crippen LogP) is 3.38. The number of benzene rings is 2. The molecule has 2 aromatic heterocycles. The molecular formula is C24H26N6O2. The zero-order valence-electron chi connectivity index (χ0n) is 18.1. The van der Waals surface area contributed by atoms with Gasteiger partial charge in [0, 0.05) is 58.5 Å². The van der Waals surface area contributed by atoms with E-state index in [0.29, 0.717) is 0 Å². The lowest BCUT2D eigenvalue weighted by Crippen LogP contribution is -2.48. The molecule has 1 aliphatic rings. The molecule has 0 unspecified atom stereocenters. The molecule has 5 rings (SSSR count). The fraction of sp³-hybridized carbons (Fsp3) is 0.292. The maximum absolute atomic E-state index is 11.5. The quantitative estimate of drug-likeness (QED) is 0.507. The number of nitrogens with zero attached hydrogens (tertiary/aromatic N) is 5. The Kier molecular flexibility index (Phi) is 5.60. The van der Waals surface area contributed by atoms with Crippen LogP contribution in [0, 0.1) is 0 Å². The molecule has 32 heavy (non-hydrogen) atoms. The first kappa shape index (κ1) is 20.3. The van der Waals surface area contributed by atoms with Gasteiger partial charge in [-0.15, -0.1) is 0 Å². The second-order valence-electron chi connectivity index (χ2n) is 8.03. The molecule has 0 radical (unpaired) electrons. The van der Waals surface area contributed by atoms with Crippen molar-refractivity contribution in [2.24, 2.45) is 0 Å². The SMILES string of the molecule is CC(=O)N1CCN(CCn2cnc3cc(Oc4ccc(-c5ccn[nH]5)cc4)ccc32)CC1. The molecule has 1 fully saturated rings. The van der Waals surface area contributed by atoms with Crippen LogP contribution in [0.25, 0.3) is 22.3 Å². The van der Waals surface area contributed by atoms with Gasteiger partial charge in [-0.2, -0.15) is 5.10 Å². The van der Waals surface area contributed by atoms with Gasteiger partial charge < -0.3 is 14.2 Å². The van der Waals surface area contributed by atoms with Gasteiger partial charge in [0.05, 0.1) is 23.1 Å². The summed E-state index contributed by atoms with van der Waals surface area (Å²) in [5, 5.41) is 6.95. The highest BCUT2D eigenvalue weighted by Gasteiger charge is 2.18. The summed E-state index contributed by atoms with van der Waals surface area (Å²) in [4.78, 5) is 20.4. The molecule has 0 spiro atoms. The van der Waals surface area contributed by atoms with Crippen LogP contribution in [0.5, 0.6) is 11.5 Å². The number of nitrogens with one attached hydrogen (secondary N) is 1. The summed E-state index contributed by atoms with van der Waals surface area (Å²) in [5.74, 6) is 1.70. The van der Waals surface area contributed by atoms with Crippen molar-refractivity contribution in [2.45, 2.75) is 13.5 Å². The fourth-order valence-electron chi connectivity index (χ4n) is 4.08. The zero-order chi connectivity index (χ0) is 21.9. The summed E-state index contributed by atoms with van der Waals surface area (Å²) < 4.78 is 8.21. The minimum absolute atomic E-state index is 0.164. The van der Waals surface area contributed by atoms with E-state index in [1.54, 1.807) is 13.1 Å². The average molecular weight is 431 g/mol. The number of amides is 1. The van der Waals surface area contributed by atoms with E-state index >= 15 is 0 Å². The maximum atomic E-state index is 11.5. The van der Waals surface area contributed by atoms with E-state index < -0.39 is 0 Å². The van der Waals surface area contributed by atoms with Crippen LogP contribution >= 0.6 is 0 Å². The fourth-order valence-corrected chi connectivity index (χ4v) is 4.08. The Hall–Kier alpha value is -3.65. The van der Waals surface area contributed by atoms with Crippen molar-refractivity contribution in [3.8, 4) is 22.8 Å². The summed E-state index contributed by atoms with van der Waals surface area (Å²) in [7, 11) is 0. The van der Waals surface area contributed by atoms with E-state index in [1.165, 1.54) is 0 Å². The summed E-state index contributed by atoms with van der Waals surface area (Å²) in [5.41, 5.74) is 4.04. The Morgan fingerprint density at radius 1 is 1.00 bits per heavy atom. The number of piperazine rings is 1. The summed E-state index contributed by atoms with van der Waals surface area (Å²) in [6.45, 7) is 6.91. The number of rotatable bonds is 6. The number of aromatic amines is 1. The predicted molar refractivity (Wildman–Crippen MR) is 123 cm³/mol. The summed E-state index contributed by atoms with van der Waals surface area (Å²) in [6, 6.07) is 15.9. The lowest BCUT2D eigenvalue weighted by molar-refractivity contribution is -0.130. The average Bonchev–Trinajstić information content (AvgIpc) is 3.49. The third-order valence-electron chi connectivity index (χ3n) is 5.97. The molecule has 3 heterocycles. The van der Waals surface area contributed by atoms with Crippen LogP contribution in [-0.4, -0.2) is 68.2 Å². The molecule has 4 aromatic rings. The van der Waals surface area contributed by atoms with Gasteiger partial charge in [-0.1, -0.05) is 0 Å². The molecule has 2 aromatic carbocycles. The molecule has 8 nitrogen and oxygen atoms in total. The first-order chi connectivity index (χ1) is 15.7. The topological polar surface area (TPSA) is 79.3 Å². The molecule has 1 saturated heterocycles. The Labute approximate surface area is 186 Å². The normalized spacial score (nSPS) is 14.7. The number of fused-ring (bicyclic) bond motifs is 1. The van der Waals surface area contributed by atoms with Crippen molar-refractivity contribution in [2.75, 3.05) is 32.7 Å². The van der Waals surface area contributed by atoms with Gasteiger partial charge in [0.2, 0.25) is 5.91 Å². The highest BCUT2D eigenvalue weighted by atomic mass is 16.5. The number of aromatic nitrogens is 4. The van der Waals surface area contributed by atoms with Crippen molar-refractivity contribution >= 4 is 16.9 Å². The first-order valence-corrected chi connectivity index (χ1v) is 10.9. The van der Waals surface area contributed by atoms with Gasteiger partial charge in [-0.25, -0.2) is 4.98 Å². The van der Waals surface area contributed by atoms with Gasteiger partial charge in [0.15, 0.2) is 0 Å².